The predicted octanol–water partition coefficient (Wildman–Crippen LogP) is 1.63. The number of hydrogen-bond donors (Lipinski definition) is 2. The van der Waals surface area contributed by atoms with Crippen LogP contribution in [0.3, 0.4) is 0 Å². The van der Waals surface area contributed by atoms with Crippen molar-refractivity contribution in [2.75, 3.05) is 19.7 Å². The normalized spacial score (nSPS) is 25.7. The number of aliphatic hydroxyl groups is 2. The Kier molecular flexibility index (Phi) is 4.07. The third-order valence-corrected chi connectivity index (χ3v) is 3.92. The van der Waals surface area contributed by atoms with Gasteiger partial charge in [0, 0.05) is 19.7 Å². The Labute approximate surface area is 108 Å². The van der Waals surface area contributed by atoms with Gasteiger partial charge in [-0.25, -0.2) is 0 Å². The van der Waals surface area contributed by atoms with Crippen LogP contribution in [0.4, 0.5) is 0 Å². The summed E-state index contributed by atoms with van der Waals surface area (Å²) in [4.78, 5) is 14.2. The van der Waals surface area contributed by atoms with Crippen molar-refractivity contribution >= 4 is 5.91 Å². The van der Waals surface area contributed by atoms with Crippen LogP contribution in [0.15, 0.2) is 23.5 Å². The van der Waals surface area contributed by atoms with Crippen LogP contribution in [0.2, 0.25) is 0 Å². The molecule has 4 nitrogen and oxygen atoms in total. The summed E-state index contributed by atoms with van der Waals surface area (Å²) < 4.78 is 0. The Morgan fingerprint density at radius 2 is 2.11 bits per heavy atom. The third-order valence-electron chi connectivity index (χ3n) is 3.92. The standard InChI is InChI=1S/C14H21NO3/c1-10-8-12(2-3-13(10)17)14(18)15-6-4-11(9-16)5-7-15/h3,8,11-12,16-17H,2,4-7,9H2,1H3. The van der Waals surface area contributed by atoms with Gasteiger partial charge >= 0.3 is 0 Å². The highest BCUT2D eigenvalue weighted by Crippen LogP contribution is 2.25. The van der Waals surface area contributed by atoms with Gasteiger partial charge in [-0.05, 0) is 43.8 Å². The molecule has 0 aromatic rings. The fourth-order valence-electron chi connectivity index (χ4n) is 2.60. The number of allylic oxidation sites excluding steroid dienone is 2. The lowest BCUT2D eigenvalue weighted by Gasteiger charge is -2.33. The molecule has 1 saturated heterocycles. The van der Waals surface area contributed by atoms with Crippen LogP contribution in [0, 0.1) is 11.8 Å². The van der Waals surface area contributed by atoms with Crippen LogP contribution in [0.5, 0.6) is 0 Å². The number of rotatable bonds is 2. The predicted molar refractivity (Wildman–Crippen MR) is 69.0 cm³/mol. The minimum Gasteiger partial charge on any atom is -0.508 e. The van der Waals surface area contributed by atoms with Crippen molar-refractivity contribution in [3.63, 3.8) is 0 Å². The molecule has 100 valence electrons. The minimum absolute atomic E-state index is 0.133. The summed E-state index contributed by atoms with van der Waals surface area (Å²) in [6.45, 7) is 3.52. The van der Waals surface area contributed by atoms with Crippen LogP contribution in [-0.4, -0.2) is 40.7 Å². The van der Waals surface area contributed by atoms with Crippen LogP contribution in [-0.2, 0) is 4.79 Å². The first-order chi connectivity index (χ1) is 8.61. The monoisotopic (exact) mass is 251 g/mol. The lowest BCUT2D eigenvalue weighted by Crippen LogP contribution is -2.42. The molecule has 1 amide bonds. The molecule has 1 aliphatic heterocycles. The second-order valence-electron chi connectivity index (χ2n) is 5.23. The Balaban J connectivity index is 1.93. The average Bonchev–Trinajstić information content (AvgIpc) is 2.41. The minimum atomic E-state index is -0.133. The van der Waals surface area contributed by atoms with E-state index >= 15 is 0 Å². The zero-order valence-electron chi connectivity index (χ0n) is 10.8. The van der Waals surface area contributed by atoms with Gasteiger partial charge in [-0.2, -0.15) is 0 Å². The molecule has 18 heavy (non-hydrogen) atoms. The highest BCUT2D eigenvalue weighted by molar-refractivity contribution is 5.81. The lowest BCUT2D eigenvalue weighted by molar-refractivity contribution is -0.135. The van der Waals surface area contributed by atoms with E-state index in [1.54, 1.807) is 6.08 Å². The molecule has 2 N–H and O–H groups in total. The molecule has 1 fully saturated rings. The van der Waals surface area contributed by atoms with Crippen LogP contribution < -0.4 is 0 Å². The van der Waals surface area contributed by atoms with Crippen molar-refractivity contribution in [3.8, 4) is 0 Å². The number of hydrogen-bond acceptors (Lipinski definition) is 3. The second-order valence-corrected chi connectivity index (χ2v) is 5.23. The maximum absolute atomic E-state index is 12.3. The highest BCUT2D eigenvalue weighted by atomic mass is 16.3. The summed E-state index contributed by atoms with van der Waals surface area (Å²) in [5, 5.41) is 18.6. The number of piperidine rings is 1. The number of carbonyl (C=O) groups excluding carboxylic acids is 1. The Morgan fingerprint density at radius 3 is 2.67 bits per heavy atom. The van der Waals surface area contributed by atoms with E-state index in [9.17, 15) is 9.90 Å². The average molecular weight is 251 g/mol. The van der Waals surface area contributed by atoms with Gasteiger partial charge in [0.05, 0.1) is 5.92 Å². The van der Waals surface area contributed by atoms with Gasteiger partial charge in [-0.1, -0.05) is 6.08 Å². The Bertz CT molecular complexity index is 379. The zero-order valence-corrected chi connectivity index (χ0v) is 10.8. The molecule has 2 rings (SSSR count). The van der Waals surface area contributed by atoms with Gasteiger partial charge in [-0.3, -0.25) is 4.79 Å². The second kappa shape index (κ2) is 5.57. The van der Waals surface area contributed by atoms with E-state index in [1.807, 2.05) is 17.9 Å². The van der Waals surface area contributed by atoms with Crippen LogP contribution >= 0.6 is 0 Å². The van der Waals surface area contributed by atoms with E-state index in [2.05, 4.69) is 0 Å². The van der Waals surface area contributed by atoms with Crippen molar-refractivity contribution in [2.45, 2.75) is 26.2 Å². The molecule has 4 heteroatoms. The van der Waals surface area contributed by atoms with E-state index in [-0.39, 0.29) is 24.2 Å². The fourth-order valence-corrected chi connectivity index (χ4v) is 2.60. The van der Waals surface area contributed by atoms with Gasteiger partial charge in [0.15, 0.2) is 0 Å². The van der Waals surface area contributed by atoms with Gasteiger partial charge < -0.3 is 15.1 Å². The molecule has 1 unspecified atom stereocenters. The maximum Gasteiger partial charge on any atom is 0.229 e. The van der Waals surface area contributed by atoms with Gasteiger partial charge in [-0.15, -0.1) is 0 Å². The summed E-state index contributed by atoms with van der Waals surface area (Å²) in [5.74, 6) is 0.653. The molecule has 0 saturated carbocycles. The molecule has 0 aromatic carbocycles. The smallest absolute Gasteiger partial charge is 0.229 e. The van der Waals surface area contributed by atoms with Crippen molar-refractivity contribution in [1.82, 2.24) is 4.90 Å². The Hall–Kier alpha value is -1.29. The largest absolute Gasteiger partial charge is 0.508 e. The quantitative estimate of drug-likeness (QED) is 0.784. The topological polar surface area (TPSA) is 60.8 Å². The first-order valence-corrected chi connectivity index (χ1v) is 6.59. The molecule has 0 aromatic heterocycles. The van der Waals surface area contributed by atoms with Gasteiger partial charge in [0.25, 0.3) is 0 Å². The summed E-state index contributed by atoms with van der Waals surface area (Å²) in [6.07, 6.45) is 5.94. The van der Waals surface area contributed by atoms with Gasteiger partial charge in [0.1, 0.15) is 5.76 Å². The molecule has 0 spiro atoms. The number of carbonyl (C=O) groups is 1. The number of aliphatic hydroxyl groups excluding tert-OH is 2. The molecule has 0 bridgehead atoms. The van der Waals surface area contributed by atoms with E-state index in [4.69, 9.17) is 5.11 Å². The van der Waals surface area contributed by atoms with E-state index < -0.39 is 0 Å². The molecule has 0 radical (unpaired) electrons. The zero-order chi connectivity index (χ0) is 13.1. The SMILES string of the molecule is CC1=CC(C(=O)N2CCC(CO)CC2)CC=C1O. The summed E-state index contributed by atoms with van der Waals surface area (Å²) in [7, 11) is 0. The molecule has 1 heterocycles. The Morgan fingerprint density at radius 1 is 1.44 bits per heavy atom. The number of nitrogens with zero attached hydrogens (tertiary/aromatic N) is 1. The van der Waals surface area contributed by atoms with E-state index in [0.717, 1.165) is 31.5 Å². The van der Waals surface area contributed by atoms with Gasteiger partial charge in [0.2, 0.25) is 5.91 Å². The molecule has 2 aliphatic rings. The first-order valence-electron chi connectivity index (χ1n) is 6.59. The van der Waals surface area contributed by atoms with Crippen molar-refractivity contribution in [3.05, 3.63) is 23.5 Å². The number of amides is 1. The fraction of sp³-hybridized carbons (Fsp3) is 0.643. The summed E-state index contributed by atoms with van der Waals surface area (Å²) >= 11 is 0. The highest BCUT2D eigenvalue weighted by Gasteiger charge is 2.28. The molecular weight excluding hydrogens is 230 g/mol. The maximum atomic E-state index is 12.3. The molecule has 1 aliphatic carbocycles. The number of likely N-dealkylation sites (tertiary alicyclic amines) is 1. The van der Waals surface area contributed by atoms with Crippen LogP contribution in [0.25, 0.3) is 0 Å². The third kappa shape index (κ3) is 2.75. The van der Waals surface area contributed by atoms with Crippen LogP contribution in [0.1, 0.15) is 26.2 Å². The van der Waals surface area contributed by atoms with E-state index in [1.165, 1.54) is 0 Å². The van der Waals surface area contributed by atoms with Crippen molar-refractivity contribution in [2.24, 2.45) is 11.8 Å². The lowest BCUT2D eigenvalue weighted by atomic mass is 9.92. The summed E-state index contributed by atoms with van der Waals surface area (Å²) in [6, 6.07) is 0. The van der Waals surface area contributed by atoms with E-state index in [0.29, 0.717) is 12.3 Å². The van der Waals surface area contributed by atoms with Crippen molar-refractivity contribution < 1.29 is 15.0 Å². The molecular formula is C14H21NO3. The summed E-state index contributed by atoms with van der Waals surface area (Å²) in [5.41, 5.74) is 0.782. The molecule has 1 atom stereocenters. The van der Waals surface area contributed by atoms with Crippen molar-refractivity contribution in [1.29, 1.82) is 0 Å². The first kappa shape index (κ1) is 13.1.